The second-order valence-electron chi connectivity index (χ2n) is 5.29. The highest BCUT2D eigenvalue weighted by atomic mass is 79.9. The average Bonchev–Trinajstić information content (AvgIpc) is 2.56. The van der Waals surface area contributed by atoms with E-state index in [0.717, 1.165) is 12.0 Å². The highest BCUT2D eigenvalue weighted by molar-refractivity contribution is 9.10. The van der Waals surface area contributed by atoms with Crippen LogP contribution in [0.2, 0.25) is 0 Å². The summed E-state index contributed by atoms with van der Waals surface area (Å²) in [7, 11) is -3.76. The molecule has 0 aliphatic heterocycles. The fourth-order valence-electron chi connectivity index (χ4n) is 2.25. The van der Waals surface area contributed by atoms with Crippen LogP contribution in [0.3, 0.4) is 0 Å². The molecule has 0 saturated heterocycles. The van der Waals surface area contributed by atoms with Crippen LogP contribution in [0.4, 0.5) is 5.69 Å². The number of aryl methyl sites for hydroxylation is 2. The minimum atomic E-state index is -3.76. The van der Waals surface area contributed by atoms with Crippen molar-refractivity contribution in [2.75, 3.05) is 11.9 Å². The monoisotopic (exact) mass is 410 g/mol. The van der Waals surface area contributed by atoms with Gasteiger partial charge in [0.2, 0.25) is 15.9 Å². The summed E-state index contributed by atoms with van der Waals surface area (Å²) in [5, 5.41) is 2.74. The second-order valence-corrected chi connectivity index (χ2v) is 7.94. The van der Waals surface area contributed by atoms with E-state index in [0.29, 0.717) is 15.7 Å². The number of halogens is 1. The fourth-order valence-corrected chi connectivity index (χ4v) is 4.01. The summed E-state index contributed by atoms with van der Waals surface area (Å²) in [5.41, 5.74) is 2.31. The number of rotatable bonds is 6. The Morgan fingerprint density at radius 2 is 1.88 bits per heavy atom. The normalized spacial score (nSPS) is 11.3. The molecule has 0 aromatic heterocycles. The Morgan fingerprint density at radius 1 is 1.17 bits per heavy atom. The molecular formula is C17H19BrN2O3S. The minimum absolute atomic E-state index is 0.152. The van der Waals surface area contributed by atoms with Crippen molar-refractivity contribution >= 4 is 37.5 Å². The van der Waals surface area contributed by atoms with E-state index >= 15 is 0 Å². The smallest absolute Gasteiger partial charge is 0.241 e. The van der Waals surface area contributed by atoms with Gasteiger partial charge >= 0.3 is 0 Å². The lowest BCUT2D eigenvalue weighted by Crippen LogP contribution is -2.33. The van der Waals surface area contributed by atoms with Crippen LogP contribution in [0.25, 0.3) is 0 Å². The molecule has 7 heteroatoms. The molecule has 0 fully saturated rings. The van der Waals surface area contributed by atoms with Gasteiger partial charge in [-0.2, -0.15) is 0 Å². The zero-order valence-corrected chi connectivity index (χ0v) is 15.9. The Morgan fingerprint density at radius 3 is 2.58 bits per heavy atom. The van der Waals surface area contributed by atoms with Crippen LogP contribution in [-0.2, 0) is 21.2 Å². The van der Waals surface area contributed by atoms with Gasteiger partial charge in [-0.1, -0.05) is 47.1 Å². The molecule has 2 aromatic carbocycles. The van der Waals surface area contributed by atoms with Crippen molar-refractivity contribution in [2.45, 2.75) is 25.2 Å². The Bertz CT molecular complexity index is 851. The number of carbonyl (C=O) groups excluding carboxylic acids is 1. The predicted octanol–water partition coefficient (Wildman–Crippen LogP) is 3.24. The first-order valence-corrected chi connectivity index (χ1v) is 9.74. The van der Waals surface area contributed by atoms with E-state index in [1.807, 2.05) is 25.1 Å². The van der Waals surface area contributed by atoms with Gasteiger partial charge in [0.1, 0.15) is 0 Å². The second kappa shape index (κ2) is 7.92. The first kappa shape index (κ1) is 18.6. The van der Waals surface area contributed by atoms with E-state index in [1.165, 1.54) is 6.07 Å². The Balaban J connectivity index is 2.06. The van der Waals surface area contributed by atoms with E-state index in [9.17, 15) is 13.2 Å². The fraction of sp³-hybridized carbons (Fsp3) is 0.235. The molecule has 24 heavy (non-hydrogen) atoms. The van der Waals surface area contributed by atoms with Gasteiger partial charge in [-0.15, -0.1) is 0 Å². The number of amides is 1. The van der Waals surface area contributed by atoms with Gasteiger partial charge in [0.25, 0.3) is 0 Å². The van der Waals surface area contributed by atoms with E-state index in [4.69, 9.17) is 0 Å². The molecule has 128 valence electrons. The highest BCUT2D eigenvalue weighted by Crippen LogP contribution is 2.20. The van der Waals surface area contributed by atoms with E-state index in [2.05, 4.69) is 26.0 Å². The topological polar surface area (TPSA) is 75.3 Å². The van der Waals surface area contributed by atoms with Crippen LogP contribution >= 0.6 is 15.9 Å². The van der Waals surface area contributed by atoms with Gasteiger partial charge < -0.3 is 5.32 Å². The Labute approximate surface area is 150 Å². The molecule has 0 aliphatic rings. The molecule has 0 unspecified atom stereocenters. The quantitative estimate of drug-likeness (QED) is 0.767. The van der Waals surface area contributed by atoms with Crippen LogP contribution < -0.4 is 10.0 Å². The lowest BCUT2D eigenvalue weighted by molar-refractivity contribution is -0.115. The highest BCUT2D eigenvalue weighted by Gasteiger charge is 2.18. The van der Waals surface area contributed by atoms with Crippen LogP contribution in [-0.4, -0.2) is 20.9 Å². The lowest BCUT2D eigenvalue weighted by atomic mass is 10.1. The molecule has 2 N–H and O–H groups in total. The van der Waals surface area contributed by atoms with Crippen molar-refractivity contribution in [2.24, 2.45) is 0 Å². The number of hydrogen-bond acceptors (Lipinski definition) is 3. The molecule has 0 bridgehead atoms. The molecule has 0 heterocycles. The molecule has 0 saturated carbocycles. The number of benzene rings is 2. The van der Waals surface area contributed by atoms with Crippen LogP contribution in [0, 0.1) is 6.92 Å². The summed E-state index contributed by atoms with van der Waals surface area (Å²) < 4.78 is 27.7. The zero-order valence-electron chi connectivity index (χ0n) is 13.5. The standard InChI is InChI=1S/C17H19BrN2O3S/c1-3-13-6-4-5-7-15(13)20-17(21)11-19-24(22,23)16-10-14(18)9-8-12(16)2/h4-10,19H,3,11H2,1-2H3,(H,20,21). The molecular weight excluding hydrogens is 392 g/mol. The molecule has 0 aliphatic carbocycles. The summed E-state index contributed by atoms with van der Waals surface area (Å²) in [6.07, 6.45) is 0.777. The van der Waals surface area contributed by atoms with Gasteiger partial charge in [-0.25, -0.2) is 13.1 Å². The third-order valence-corrected chi connectivity index (χ3v) is 5.57. The summed E-state index contributed by atoms with van der Waals surface area (Å²) >= 11 is 3.26. The summed E-state index contributed by atoms with van der Waals surface area (Å²) in [4.78, 5) is 12.2. The van der Waals surface area contributed by atoms with E-state index in [1.54, 1.807) is 25.1 Å². The van der Waals surface area contributed by atoms with E-state index < -0.39 is 15.9 Å². The maximum Gasteiger partial charge on any atom is 0.241 e. The zero-order chi connectivity index (χ0) is 17.7. The van der Waals surface area contributed by atoms with Crippen molar-refractivity contribution < 1.29 is 13.2 Å². The summed E-state index contributed by atoms with van der Waals surface area (Å²) in [6, 6.07) is 12.4. The number of hydrogen-bond donors (Lipinski definition) is 2. The number of nitrogens with one attached hydrogen (secondary N) is 2. The molecule has 2 rings (SSSR count). The molecule has 0 atom stereocenters. The lowest BCUT2D eigenvalue weighted by Gasteiger charge is -2.12. The third kappa shape index (κ3) is 4.66. The molecule has 5 nitrogen and oxygen atoms in total. The van der Waals surface area contributed by atoms with Gasteiger partial charge in [-0.05, 0) is 42.7 Å². The summed E-state index contributed by atoms with van der Waals surface area (Å²) in [5.74, 6) is -0.410. The van der Waals surface area contributed by atoms with E-state index in [-0.39, 0.29) is 11.4 Å². The number of carbonyl (C=O) groups is 1. The van der Waals surface area contributed by atoms with Crippen molar-refractivity contribution in [1.82, 2.24) is 4.72 Å². The van der Waals surface area contributed by atoms with Gasteiger partial charge in [-0.3, -0.25) is 4.79 Å². The average molecular weight is 411 g/mol. The number of anilines is 1. The minimum Gasteiger partial charge on any atom is -0.325 e. The van der Waals surface area contributed by atoms with Crippen molar-refractivity contribution in [1.29, 1.82) is 0 Å². The maximum atomic E-state index is 12.4. The van der Waals surface area contributed by atoms with Crippen LogP contribution in [0.1, 0.15) is 18.1 Å². The Hall–Kier alpha value is -1.70. The van der Waals surface area contributed by atoms with Crippen molar-refractivity contribution in [3.63, 3.8) is 0 Å². The molecule has 0 spiro atoms. The van der Waals surface area contributed by atoms with Crippen LogP contribution in [0.15, 0.2) is 51.8 Å². The first-order chi connectivity index (χ1) is 11.3. The molecule has 0 radical (unpaired) electrons. The van der Waals surface area contributed by atoms with Gasteiger partial charge in [0, 0.05) is 10.2 Å². The molecule has 1 amide bonds. The Kier molecular flexibility index (Phi) is 6.15. The molecule has 2 aromatic rings. The number of sulfonamides is 1. The summed E-state index contributed by atoms with van der Waals surface area (Å²) in [6.45, 7) is 3.37. The largest absolute Gasteiger partial charge is 0.325 e. The first-order valence-electron chi connectivity index (χ1n) is 7.47. The van der Waals surface area contributed by atoms with Gasteiger partial charge in [0.15, 0.2) is 0 Å². The number of para-hydroxylation sites is 1. The van der Waals surface area contributed by atoms with Crippen LogP contribution in [0.5, 0.6) is 0 Å². The maximum absolute atomic E-state index is 12.4. The predicted molar refractivity (Wildman–Crippen MR) is 98.5 cm³/mol. The van der Waals surface area contributed by atoms with Crippen molar-refractivity contribution in [3.05, 3.63) is 58.1 Å². The third-order valence-electron chi connectivity index (χ3n) is 3.53. The van der Waals surface area contributed by atoms with Gasteiger partial charge in [0.05, 0.1) is 11.4 Å². The van der Waals surface area contributed by atoms with Crippen molar-refractivity contribution in [3.8, 4) is 0 Å². The SMILES string of the molecule is CCc1ccccc1NC(=O)CNS(=O)(=O)c1cc(Br)ccc1C.